The number of nitrogens with one attached hydrogen (secondary N) is 1. The molecule has 2 aromatic rings. The third-order valence-electron chi connectivity index (χ3n) is 4.55. The van der Waals surface area contributed by atoms with Gasteiger partial charge in [0.1, 0.15) is 17.4 Å². The summed E-state index contributed by atoms with van der Waals surface area (Å²) in [5, 5.41) is 11.3. The lowest BCUT2D eigenvalue weighted by Gasteiger charge is -2.23. The fourth-order valence-corrected chi connectivity index (χ4v) is 2.98. The second-order valence-electron chi connectivity index (χ2n) is 6.07. The number of hydrogen-bond acceptors (Lipinski definition) is 5. The molecule has 1 aliphatic heterocycles. The van der Waals surface area contributed by atoms with Crippen LogP contribution in [0.1, 0.15) is 24.5 Å². The Bertz CT molecular complexity index is 710. The number of methoxy groups -OCH3 is 1. The van der Waals surface area contributed by atoms with Gasteiger partial charge in [0.05, 0.1) is 19.7 Å². The number of aryl methyl sites for hydroxylation is 1. The van der Waals surface area contributed by atoms with Crippen LogP contribution in [0.4, 0.5) is 5.69 Å². The zero-order chi connectivity index (χ0) is 17.1. The lowest BCUT2D eigenvalue weighted by Crippen LogP contribution is -2.39. The van der Waals surface area contributed by atoms with Crippen LogP contribution in [0.5, 0.6) is 5.75 Å². The minimum atomic E-state index is -0.135. The maximum absolute atomic E-state index is 12.6. The molecule has 2 heterocycles. The van der Waals surface area contributed by atoms with Gasteiger partial charge in [-0.3, -0.25) is 9.69 Å². The van der Waals surface area contributed by atoms with Gasteiger partial charge in [0, 0.05) is 12.7 Å². The van der Waals surface area contributed by atoms with Gasteiger partial charge in [-0.1, -0.05) is 0 Å². The van der Waals surface area contributed by atoms with Crippen LogP contribution in [-0.2, 0) is 18.4 Å². The van der Waals surface area contributed by atoms with Crippen molar-refractivity contribution < 1.29 is 9.53 Å². The topological polar surface area (TPSA) is 72.3 Å². The molecule has 0 radical (unpaired) electrons. The fourth-order valence-electron chi connectivity index (χ4n) is 2.98. The number of rotatable bonds is 5. The first-order valence-electron chi connectivity index (χ1n) is 8.12. The maximum Gasteiger partial charge on any atom is 0.241 e. The van der Waals surface area contributed by atoms with Crippen LogP contribution in [0, 0.1) is 6.92 Å². The molecule has 1 fully saturated rings. The second kappa shape index (κ2) is 7.00. The molecule has 1 aliphatic rings. The number of carbonyl (C=O) groups excluding carboxylic acids is 1. The molecule has 1 saturated heterocycles. The number of nitrogens with zero attached hydrogens (tertiary/aromatic N) is 4. The Labute approximate surface area is 141 Å². The molecule has 1 N–H and O–H groups in total. The van der Waals surface area contributed by atoms with E-state index < -0.39 is 0 Å². The van der Waals surface area contributed by atoms with Gasteiger partial charge in [-0.05, 0) is 50.6 Å². The highest BCUT2D eigenvalue weighted by Crippen LogP contribution is 2.22. The Hall–Kier alpha value is -2.41. The van der Waals surface area contributed by atoms with E-state index in [2.05, 4.69) is 20.4 Å². The lowest BCUT2D eigenvalue weighted by molar-refractivity contribution is -0.120. The van der Waals surface area contributed by atoms with Crippen LogP contribution >= 0.6 is 0 Å². The van der Waals surface area contributed by atoms with Crippen LogP contribution in [0.25, 0.3) is 0 Å². The van der Waals surface area contributed by atoms with Gasteiger partial charge >= 0.3 is 0 Å². The van der Waals surface area contributed by atoms with Crippen LogP contribution in [-0.4, -0.2) is 45.3 Å². The van der Waals surface area contributed by atoms with Gasteiger partial charge < -0.3 is 14.6 Å². The van der Waals surface area contributed by atoms with E-state index in [1.807, 2.05) is 42.8 Å². The molecule has 0 bridgehead atoms. The quantitative estimate of drug-likeness (QED) is 0.904. The molecule has 0 saturated carbocycles. The molecule has 1 amide bonds. The third-order valence-corrected chi connectivity index (χ3v) is 4.55. The average Bonchev–Trinajstić information content (AvgIpc) is 3.18. The minimum absolute atomic E-state index is 0.0246. The van der Waals surface area contributed by atoms with E-state index in [1.54, 1.807) is 7.11 Å². The van der Waals surface area contributed by atoms with Gasteiger partial charge in [0.2, 0.25) is 5.91 Å². The number of carbonyl (C=O) groups is 1. The SMILES string of the molecule is COc1ccc(NC(=O)[C@H]2CCCN2Cc2nnc(C)n2C)cc1. The van der Waals surface area contributed by atoms with Crippen molar-refractivity contribution in [2.24, 2.45) is 7.05 Å². The summed E-state index contributed by atoms with van der Waals surface area (Å²) < 4.78 is 7.10. The van der Waals surface area contributed by atoms with Gasteiger partial charge in [-0.25, -0.2) is 0 Å². The molecule has 0 spiro atoms. The number of hydrogen-bond donors (Lipinski definition) is 1. The molecular formula is C17H23N5O2. The van der Waals surface area contributed by atoms with Crippen LogP contribution in [0.15, 0.2) is 24.3 Å². The largest absolute Gasteiger partial charge is 0.497 e. The predicted molar refractivity (Wildman–Crippen MR) is 90.8 cm³/mol. The summed E-state index contributed by atoms with van der Waals surface area (Å²) in [7, 11) is 3.57. The number of likely N-dealkylation sites (tertiary alicyclic amines) is 1. The van der Waals surface area contributed by atoms with Crippen molar-refractivity contribution in [3.63, 3.8) is 0 Å². The van der Waals surface area contributed by atoms with E-state index in [9.17, 15) is 4.79 Å². The standard InChI is InChI=1S/C17H23N5O2/c1-12-19-20-16(21(12)2)11-22-10-4-5-15(22)17(23)18-13-6-8-14(24-3)9-7-13/h6-9,15H,4-5,10-11H2,1-3H3,(H,18,23)/t15-/m1/s1. The molecule has 128 valence electrons. The van der Waals surface area contributed by atoms with Crippen LogP contribution < -0.4 is 10.1 Å². The van der Waals surface area contributed by atoms with E-state index in [-0.39, 0.29) is 11.9 Å². The second-order valence-corrected chi connectivity index (χ2v) is 6.07. The predicted octanol–water partition coefficient (Wildman–Crippen LogP) is 1.74. The average molecular weight is 329 g/mol. The van der Waals surface area contributed by atoms with Crippen molar-refractivity contribution >= 4 is 11.6 Å². The summed E-state index contributed by atoms with van der Waals surface area (Å²) in [6.45, 7) is 3.46. The molecule has 7 nitrogen and oxygen atoms in total. The van der Waals surface area contributed by atoms with E-state index in [0.717, 1.165) is 42.5 Å². The highest BCUT2D eigenvalue weighted by molar-refractivity contribution is 5.95. The molecule has 0 unspecified atom stereocenters. The first-order chi connectivity index (χ1) is 11.6. The van der Waals surface area contributed by atoms with E-state index in [1.165, 1.54) is 0 Å². The number of anilines is 1. The maximum atomic E-state index is 12.6. The normalized spacial score (nSPS) is 17.9. The number of ether oxygens (including phenoxy) is 1. The number of aromatic nitrogens is 3. The Kier molecular flexibility index (Phi) is 4.80. The summed E-state index contributed by atoms with van der Waals surface area (Å²) >= 11 is 0. The summed E-state index contributed by atoms with van der Waals surface area (Å²) in [6, 6.07) is 7.24. The molecule has 3 rings (SSSR count). The van der Waals surface area contributed by atoms with Crippen molar-refractivity contribution in [1.29, 1.82) is 0 Å². The highest BCUT2D eigenvalue weighted by atomic mass is 16.5. The third kappa shape index (κ3) is 3.41. The summed E-state index contributed by atoms with van der Waals surface area (Å²) in [5.41, 5.74) is 0.780. The summed E-state index contributed by atoms with van der Waals surface area (Å²) in [6.07, 6.45) is 1.87. The number of benzene rings is 1. The Morgan fingerprint density at radius 1 is 1.33 bits per heavy atom. The van der Waals surface area contributed by atoms with Crippen LogP contribution in [0.3, 0.4) is 0 Å². The van der Waals surface area contributed by atoms with Crippen molar-refractivity contribution in [3.05, 3.63) is 35.9 Å². The Morgan fingerprint density at radius 3 is 2.71 bits per heavy atom. The Balaban J connectivity index is 1.65. The van der Waals surface area contributed by atoms with E-state index in [0.29, 0.717) is 6.54 Å². The zero-order valence-electron chi connectivity index (χ0n) is 14.3. The van der Waals surface area contributed by atoms with Crippen molar-refractivity contribution in [2.75, 3.05) is 19.0 Å². The van der Waals surface area contributed by atoms with Crippen molar-refractivity contribution in [3.8, 4) is 5.75 Å². The summed E-state index contributed by atoms with van der Waals surface area (Å²) in [5.74, 6) is 2.56. The van der Waals surface area contributed by atoms with Crippen LogP contribution in [0.2, 0.25) is 0 Å². The molecule has 0 aliphatic carbocycles. The first kappa shape index (κ1) is 16.4. The summed E-state index contributed by atoms with van der Waals surface area (Å²) in [4.78, 5) is 14.8. The van der Waals surface area contributed by atoms with Gasteiger partial charge in [0.25, 0.3) is 0 Å². The molecule has 1 atom stereocenters. The van der Waals surface area contributed by atoms with Gasteiger partial charge in [-0.2, -0.15) is 0 Å². The monoisotopic (exact) mass is 329 g/mol. The Morgan fingerprint density at radius 2 is 2.08 bits per heavy atom. The molecule has 1 aromatic carbocycles. The first-order valence-corrected chi connectivity index (χ1v) is 8.12. The van der Waals surface area contributed by atoms with E-state index >= 15 is 0 Å². The fraction of sp³-hybridized carbons (Fsp3) is 0.471. The van der Waals surface area contributed by atoms with Gasteiger partial charge in [0.15, 0.2) is 0 Å². The molecule has 7 heteroatoms. The van der Waals surface area contributed by atoms with Crippen molar-refractivity contribution in [2.45, 2.75) is 32.4 Å². The number of amides is 1. The smallest absolute Gasteiger partial charge is 0.241 e. The minimum Gasteiger partial charge on any atom is -0.497 e. The lowest BCUT2D eigenvalue weighted by atomic mass is 10.2. The van der Waals surface area contributed by atoms with E-state index in [4.69, 9.17) is 4.74 Å². The van der Waals surface area contributed by atoms with Gasteiger partial charge in [-0.15, -0.1) is 10.2 Å². The van der Waals surface area contributed by atoms with Crippen molar-refractivity contribution in [1.82, 2.24) is 19.7 Å². The molecular weight excluding hydrogens is 306 g/mol. The zero-order valence-corrected chi connectivity index (χ0v) is 14.3. The molecule has 1 aromatic heterocycles. The molecule has 24 heavy (non-hydrogen) atoms. The highest BCUT2D eigenvalue weighted by Gasteiger charge is 2.31.